The maximum Gasteiger partial charge on any atom is 0.295 e. The first kappa shape index (κ1) is 27.6. The van der Waals surface area contributed by atoms with Crippen LogP contribution < -0.4 is 15.6 Å². The summed E-state index contributed by atoms with van der Waals surface area (Å²) in [5.41, 5.74) is 3.73. The fourth-order valence-electron chi connectivity index (χ4n) is 4.63. The summed E-state index contributed by atoms with van der Waals surface area (Å²) in [7, 11) is -1.22. The molecule has 40 heavy (non-hydrogen) atoms. The molecule has 1 aromatic carbocycles. The Morgan fingerprint density at radius 2 is 1.88 bits per heavy atom. The molecule has 1 fully saturated rings. The number of ether oxygens (including phenoxy) is 1. The number of nitrogens with zero attached hydrogens (tertiary/aromatic N) is 6. The minimum atomic E-state index is -2.78. The second-order valence-corrected chi connectivity index (χ2v) is 12.5. The zero-order chi connectivity index (χ0) is 28.6. The van der Waals surface area contributed by atoms with E-state index in [1.807, 2.05) is 32.9 Å². The standard InChI is InChI=1S/C28H34N8O3S/c1-6-16(3)36-26-22(17(4)33-24(35-26)21-23(19-10-11-19)31-15-32-27(21)39-5)34-25(28(36)37)30-14-18-8-12-20(13-9-18)40(29,38)7-2/h8-9,12-13,15-16,19,29H,6-7,10-11,14H2,1-5H3,(H,30,34)/t16-,40?/m1/s1. The van der Waals surface area contributed by atoms with Gasteiger partial charge in [0.05, 0.1) is 28.2 Å². The molecule has 12 heteroatoms. The van der Waals surface area contributed by atoms with E-state index in [0.717, 1.165) is 24.1 Å². The quantitative estimate of drug-likeness (QED) is 0.277. The summed E-state index contributed by atoms with van der Waals surface area (Å²) in [4.78, 5) is 37.4. The second kappa shape index (κ2) is 10.9. The van der Waals surface area contributed by atoms with Gasteiger partial charge in [-0.15, -0.1) is 0 Å². The molecule has 4 aromatic rings. The number of rotatable bonds is 10. The zero-order valence-corrected chi connectivity index (χ0v) is 24.2. The van der Waals surface area contributed by atoms with E-state index in [9.17, 15) is 9.00 Å². The van der Waals surface area contributed by atoms with Crippen molar-refractivity contribution in [3.63, 3.8) is 0 Å². The lowest BCUT2D eigenvalue weighted by molar-refractivity contribution is 0.397. The van der Waals surface area contributed by atoms with E-state index < -0.39 is 9.73 Å². The highest BCUT2D eigenvalue weighted by molar-refractivity contribution is 7.92. The number of aryl methyl sites for hydroxylation is 1. The monoisotopic (exact) mass is 562 g/mol. The minimum Gasteiger partial charge on any atom is -0.480 e. The van der Waals surface area contributed by atoms with Crippen LogP contribution in [0, 0.1) is 11.7 Å². The summed E-state index contributed by atoms with van der Waals surface area (Å²) in [6, 6.07) is 6.90. The molecule has 3 aromatic heterocycles. The number of fused-ring (bicyclic) bond motifs is 1. The number of hydrogen-bond donors (Lipinski definition) is 2. The average molecular weight is 563 g/mol. The lowest BCUT2D eigenvalue weighted by Gasteiger charge is -2.19. The van der Waals surface area contributed by atoms with Gasteiger partial charge in [0.2, 0.25) is 5.88 Å². The van der Waals surface area contributed by atoms with Crippen LogP contribution in [0.1, 0.15) is 68.9 Å². The van der Waals surface area contributed by atoms with E-state index in [2.05, 4.69) is 20.3 Å². The van der Waals surface area contributed by atoms with Crippen LogP contribution in [0.25, 0.3) is 22.6 Å². The molecule has 210 valence electrons. The highest BCUT2D eigenvalue weighted by atomic mass is 32.2. The van der Waals surface area contributed by atoms with Gasteiger partial charge in [-0.2, -0.15) is 0 Å². The normalized spacial score (nSPS) is 15.5. The third-order valence-corrected chi connectivity index (χ3v) is 9.18. The molecule has 11 nitrogen and oxygen atoms in total. The number of aromatic nitrogens is 6. The van der Waals surface area contributed by atoms with Crippen LogP contribution in [0.3, 0.4) is 0 Å². The second-order valence-electron chi connectivity index (χ2n) is 10.1. The van der Waals surface area contributed by atoms with Crippen LogP contribution in [0.2, 0.25) is 0 Å². The molecule has 3 heterocycles. The van der Waals surface area contributed by atoms with Crippen molar-refractivity contribution in [1.29, 1.82) is 4.78 Å². The van der Waals surface area contributed by atoms with E-state index in [4.69, 9.17) is 19.5 Å². The lowest BCUT2D eigenvalue weighted by atomic mass is 10.1. The highest BCUT2D eigenvalue weighted by Gasteiger charge is 2.32. The molecule has 2 atom stereocenters. The molecule has 0 aliphatic heterocycles. The molecule has 1 aliphatic rings. The predicted molar refractivity (Wildman–Crippen MR) is 154 cm³/mol. The van der Waals surface area contributed by atoms with Gasteiger partial charge in [-0.1, -0.05) is 26.0 Å². The molecule has 5 rings (SSSR count). The summed E-state index contributed by atoms with van der Waals surface area (Å²) < 4.78 is 27.6. The van der Waals surface area contributed by atoms with Crippen molar-refractivity contribution in [2.75, 3.05) is 18.2 Å². The van der Waals surface area contributed by atoms with E-state index in [1.54, 1.807) is 30.7 Å². The molecular weight excluding hydrogens is 528 g/mol. The summed E-state index contributed by atoms with van der Waals surface area (Å²) in [6.07, 6.45) is 4.29. The van der Waals surface area contributed by atoms with Gasteiger partial charge in [-0.3, -0.25) is 9.36 Å². The maximum atomic E-state index is 13.8. The number of anilines is 1. The van der Waals surface area contributed by atoms with Gasteiger partial charge >= 0.3 is 0 Å². The largest absolute Gasteiger partial charge is 0.480 e. The van der Waals surface area contributed by atoms with Gasteiger partial charge in [0.25, 0.3) is 5.56 Å². The topological polar surface area (TPSA) is 149 Å². The molecule has 0 saturated heterocycles. The number of benzene rings is 1. The minimum absolute atomic E-state index is 0.143. The molecule has 0 radical (unpaired) electrons. The van der Waals surface area contributed by atoms with Gasteiger partial charge in [-0.05, 0) is 50.8 Å². The van der Waals surface area contributed by atoms with Crippen molar-refractivity contribution in [3.05, 3.63) is 57.9 Å². The smallest absolute Gasteiger partial charge is 0.295 e. The predicted octanol–water partition coefficient (Wildman–Crippen LogP) is 4.85. The van der Waals surface area contributed by atoms with Crippen molar-refractivity contribution in [2.24, 2.45) is 0 Å². The number of hydrogen-bond acceptors (Lipinski definition) is 10. The van der Waals surface area contributed by atoms with Crippen molar-refractivity contribution in [3.8, 4) is 17.3 Å². The Morgan fingerprint density at radius 1 is 1.15 bits per heavy atom. The van der Waals surface area contributed by atoms with Gasteiger partial charge in [-0.25, -0.2) is 33.9 Å². The van der Waals surface area contributed by atoms with Crippen LogP contribution in [0.15, 0.2) is 40.3 Å². The molecule has 1 aliphatic carbocycles. The first-order valence-corrected chi connectivity index (χ1v) is 15.2. The van der Waals surface area contributed by atoms with Gasteiger partial charge in [0, 0.05) is 29.2 Å². The first-order valence-electron chi connectivity index (χ1n) is 13.5. The third-order valence-electron chi connectivity index (χ3n) is 7.34. The van der Waals surface area contributed by atoms with Crippen molar-refractivity contribution in [1.82, 2.24) is 29.5 Å². The van der Waals surface area contributed by atoms with Crippen LogP contribution in [0.5, 0.6) is 5.88 Å². The zero-order valence-electron chi connectivity index (χ0n) is 23.4. The molecule has 0 spiro atoms. The molecule has 0 bridgehead atoms. The number of methoxy groups -OCH3 is 1. The molecule has 1 saturated carbocycles. The van der Waals surface area contributed by atoms with Gasteiger partial charge < -0.3 is 10.1 Å². The van der Waals surface area contributed by atoms with E-state index >= 15 is 0 Å². The highest BCUT2D eigenvalue weighted by Crippen LogP contribution is 2.45. The van der Waals surface area contributed by atoms with Crippen molar-refractivity contribution in [2.45, 2.75) is 70.4 Å². The first-order chi connectivity index (χ1) is 19.2. The lowest BCUT2D eigenvalue weighted by Crippen LogP contribution is -2.28. The number of nitrogens with one attached hydrogen (secondary N) is 2. The Hall–Kier alpha value is -3.93. The van der Waals surface area contributed by atoms with Crippen molar-refractivity contribution >= 4 is 26.7 Å². The van der Waals surface area contributed by atoms with Crippen LogP contribution in [-0.4, -0.2) is 46.6 Å². The van der Waals surface area contributed by atoms with E-state index in [1.165, 1.54) is 6.33 Å². The average Bonchev–Trinajstić information content (AvgIpc) is 3.81. The summed E-state index contributed by atoms with van der Waals surface area (Å²) >= 11 is 0. The molecule has 0 amide bonds. The third kappa shape index (κ3) is 5.15. The summed E-state index contributed by atoms with van der Waals surface area (Å²) in [5.74, 6) is 1.60. The Morgan fingerprint density at radius 3 is 2.50 bits per heavy atom. The van der Waals surface area contributed by atoms with Gasteiger partial charge in [0.15, 0.2) is 17.3 Å². The Balaban J connectivity index is 1.58. The molecule has 1 unspecified atom stereocenters. The Bertz CT molecular complexity index is 1730. The molecule has 2 N–H and O–H groups in total. The van der Waals surface area contributed by atoms with Crippen LogP contribution in [-0.2, 0) is 16.3 Å². The van der Waals surface area contributed by atoms with E-state index in [-0.39, 0.29) is 23.2 Å². The van der Waals surface area contributed by atoms with Crippen molar-refractivity contribution < 1.29 is 8.95 Å². The Kier molecular flexibility index (Phi) is 7.54. The fourth-order valence-corrected chi connectivity index (χ4v) is 5.54. The fraction of sp³-hybridized carbons (Fsp3) is 0.429. The van der Waals surface area contributed by atoms with E-state index in [0.29, 0.717) is 57.9 Å². The van der Waals surface area contributed by atoms with Crippen LogP contribution in [0.4, 0.5) is 5.82 Å². The maximum absolute atomic E-state index is 13.8. The van der Waals surface area contributed by atoms with Gasteiger partial charge in [0.1, 0.15) is 17.4 Å². The summed E-state index contributed by atoms with van der Waals surface area (Å²) in [6.45, 7) is 7.93. The molecular formula is C28H34N8O3S. The Labute approximate surface area is 233 Å². The summed E-state index contributed by atoms with van der Waals surface area (Å²) in [5, 5.41) is 3.18. The SMILES string of the molecule is CC[C@@H](C)n1c(=O)c(NCc2ccc(S(=N)(=O)CC)cc2)nc2c(C)nc(-c3c(OC)ncnc3C3CC3)nc21. The van der Waals surface area contributed by atoms with Crippen LogP contribution >= 0.6 is 0 Å².